The first-order valence-electron chi connectivity index (χ1n) is 8.33. The predicted molar refractivity (Wildman–Crippen MR) is 95.1 cm³/mol. The van der Waals surface area contributed by atoms with Crippen LogP contribution in [0.15, 0.2) is 36.4 Å². The van der Waals surface area contributed by atoms with Gasteiger partial charge < -0.3 is 10.1 Å². The number of halogens is 1. The summed E-state index contributed by atoms with van der Waals surface area (Å²) in [5.74, 6) is -0.515. The van der Waals surface area contributed by atoms with Gasteiger partial charge in [-0.25, -0.2) is 4.39 Å². The Morgan fingerprint density at radius 3 is 2.92 bits per heavy atom. The second kappa shape index (κ2) is 9.01. The molecule has 25 heavy (non-hydrogen) atoms. The van der Waals surface area contributed by atoms with Crippen molar-refractivity contribution in [3.8, 4) is 5.75 Å². The summed E-state index contributed by atoms with van der Waals surface area (Å²) < 4.78 is 21.5. The van der Waals surface area contributed by atoms with Crippen LogP contribution in [0.2, 0.25) is 0 Å². The molecule has 1 aromatic heterocycles. The molecule has 0 aliphatic rings. The summed E-state index contributed by atoms with van der Waals surface area (Å²) in [5, 5.41) is 6.85. The molecule has 0 saturated carbocycles. The number of amides is 1. The fourth-order valence-electron chi connectivity index (χ4n) is 2.44. The number of carbonyl (C=O) groups is 1. The fourth-order valence-corrected chi connectivity index (χ4v) is 2.44. The number of allylic oxidation sites excluding steroid dienone is 2. The lowest BCUT2D eigenvalue weighted by molar-refractivity contribution is 0.0941. The van der Waals surface area contributed by atoms with Crippen molar-refractivity contribution in [1.29, 1.82) is 0 Å². The van der Waals surface area contributed by atoms with E-state index in [9.17, 15) is 9.18 Å². The molecule has 6 heteroatoms. The molecule has 0 aliphatic heterocycles. The highest BCUT2D eigenvalue weighted by molar-refractivity contribution is 5.92. The molecule has 0 atom stereocenters. The molecule has 0 bridgehead atoms. The van der Waals surface area contributed by atoms with Gasteiger partial charge in [-0.2, -0.15) is 5.10 Å². The summed E-state index contributed by atoms with van der Waals surface area (Å²) in [6.07, 6.45) is 5.75. The molecule has 2 rings (SSSR count). The molecule has 134 valence electrons. The highest BCUT2D eigenvalue weighted by atomic mass is 19.1. The molecule has 0 unspecified atom stereocenters. The van der Waals surface area contributed by atoms with E-state index in [1.54, 1.807) is 31.3 Å². The molecular weight excluding hydrogens is 321 g/mol. The van der Waals surface area contributed by atoms with Crippen LogP contribution in [0.3, 0.4) is 0 Å². The van der Waals surface area contributed by atoms with E-state index < -0.39 is 5.82 Å². The van der Waals surface area contributed by atoms with Crippen LogP contribution in [0, 0.1) is 12.7 Å². The van der Waals surface area contributed by atoms with Crippen molar-refractivity contribution in [2.24, 2.45) is 7.05 Å². The van der Waals surface area contributed by atoms with Gasteiger partial charge in [-0.3, -0.25) is 9.48 Å². The normalized spacial score (nSPS) is 11.0. The van der Waals surface area contributed by atoms with Gasteiger partial charge in [0.1, 0.15) is 5.69 Å². The molecule has 1 N–H and O–H groups in total. The molecule has 0 fully saturated rings. The van der Waals surface area contributed by atoms with E-state index >= 15 is 0 Å². The third-order valence-corrected chi connectivity index (χ3v) is 3.73. The zero-order valence-corrected chi connectivity index (χ0v) is 14.9. The zero-order valence-electron chi connectivity index (χ0n) is 14.9. The smallest absolute Gasteiger partial charge is 0.269 e. The maximum atomic E-state index is 14.5. The lowest BCUT2D eigenvalue weighted by atomic mass is 10.2. The summed E-state index contributed by atoms with van der Waals surface area (Å²) in [5.41, 5.74) is 1.58. The van der Waals surface area contributed by atoms with Crippen LogP contribution >= 0.6 is 0 Å². The first kappa shape index (κ1) is 18.7. The molecule has 1 aromatic carbocycles. The quantitative estimate of drug-likeness (QED) is 0.588. The van der Waals surface area contributed by atoms with Gasteiger partial charge in [-0.15, -0.1) is 0 Å². The summed E-state index contributed by atoms with van der Waals surface area (Å²) in [7, 11) is 1.70. The third kappa shape index (κ3) is 5.17. The first-order chi connectivity index (χ1) is 12.0. The van der Waals surface area contributed by atoms with Gasteiger partial charge in [0.2, 0.25) is 0 Å². The van der Waals surface area contributed by atoms with E-state index in [0.29, 0.717) is 17.9 Å². The standard InChI is InChI=1S/C19H24FN3O2/c1-4-5-6-7-11-25-17-10-8-9-15(18(17)20)13-21-19(24)16-12-14(2)22-23(16)3/h4-5,8-10,12H,6-7,11,13H2,1-3H3,(H,21,24). The number of nitrogens with zero attached hydrogens (tertiary/aromatic N) is 2. The Morgan fingerprint density at radius 1 is 1.44 bits per heavy atom. The van der Waals surface area contributed by atoms with Gasteiger partial charge in [-0.1, -0.05) is 24.3 Å². The topological polar surface area (TPSA) is 56.1 Å². The highest BCUT2D eigenvalue weighted by Crippen LogP contribution is 2.21. The minimum atomic E-state index is -0.435. The number of unbranched alkanes of at least 4 members (excludes halogenated alkanes) is 1. The summed E-state index contributed by atoms with van der Waals surface area (Å²) >= 11 is 0. The molecule has 5 nitrogen and oxygen atoms in total. The number of nitrogens with one attached hydrogen (secondary N) is 1. The van der Waals surface area contributed by atoms with Crippen molar-refractivity contribution in [3.05, 3.63) is 59.2 Å². The van der Waals surface area contributed by atoms with Crippen LogP contribution < -0.4 is 10.1 Å². The van der Waals surface area contributed by atoms with Crippen molar-refractivity contribution in [2.45, 2.75) is 33.2 Å². The van der Waals surface area contributed by atoms with E-state index in [1.165, 1.54) is 4.68 Å². The Bertz CT molecular complexity index is 753. The van der Waals surface area contributed by atoms with Crippen molar-refractivity contribution < 1.29 is 13.9 Å². The molecule has 0 spiro atoms. The van der Waals surface area contributed by atoms with Gasteiger partial charge in [0.15, 0.2) is 11.6 Å². The fraction of sp³-hybridized carbons (Fsp3) is 0.368. The van der Waals surface area contributed by atoms with Crippen LogP contribution in [0.25, 0.3) is 0 Å². The number of aromatic nitrogens is 2. The van der Waals surface area contributed by atoms with E-state index in [1.807, 2.05) is 26.0 Å². The number of hydrogen-bond donors (Lipinski definition) is 1. The lowest BCUT2D eigenvalue weighted by Crippen LogP contribution is -2.25. The van der Waals surface area contributed by atoms with Crippen molar-refractivity contribution in [2.75, 3.05) is 6.61 Å². The van der Waals surface area contributed by atoms with Gasteiger partial charge in [0, 0.05) is 19.2 Å². The second-order valence-corrected chi connectivity index (χ2v) is 5.77. The number of ether oxygens (including phenoxy) is 1. The zero-order chi connectivity index (χ0) is 18.2. The third-order valence-electron chi connectivity index (χ3n) is 3.73. The van der Waals surface area contributed by atoms with Gasteiger partial charge in [0.05, 0.1) is 12.3 Å². The number of benzene rings is 1. The van der Waals surface area contributed by atoms with Gasteiger partial charge in [0.25, 0.3) is 5.91 Å². The molecule has 0 aliphatic carbocycles. The Morgan fingerprint density at radius 2 is 2.24 bits per heavy atom. The van der Waals surface area contributed by atoms with Crippen LogP contribution in [0.5, 0.6) is 5.75 Å². The Balaban J connectivity index is 1.94. The first-order valence-corrected chi connectivity index (χ1v) is 8.33. The van der Waals surface area contributed by atoms with Gasteiger partial charge in [-0.05, 0) is 38.8 Å². The Labute approximate surface area is 147 Å². The largest absolute Gasteiger partial charge is 0.490 e. The SMILES string of the molecule is CC=CCCCOc1cccc(CNC(=O)c2cc(C)nn2C)c1F. The van der Waals surface area contributed by atoms with Crippen LogP contribution in [-0.2, 0) is 13.6 Å². The van der Waals surface area contributed by atoms with Gasteiger partial charge >= 0.3 is 0 Å². The monoisotopic (exact) mass is 345 g/mol. The number of aryl methyl sites for hydroxylation is 2. The van der Waals surface area contributed by atoms with E-state index in [2.05, 4.69) is 10.4 Å². The minimum absolute atomic E-state index is 0.0880. The molecule has 1 heterocycles. The predicted octanol–water partition coefficient (Wildman–Crippen LogP) is 3.53. The molecule has 0 saturated heterocycles. The molecule has 2 aromatic rings. The number of carbonyl (C=O) groups excluding carboxylic acids is 1. The summed E-state index contributed by atoms with van der Waals surface area (Å²) in [6, 6.07) is 6.65. The van der Waals surface area contributed by atoms with Crippen LogP contribution in [-0.4, -0.2) is 22.3 Å². The highest BCUT2D eigenvalue weighted by Gasteiger charge is 2.14. The maximum Gasteiger partial charge on any atom is 0.269 e. The summed E-state index contributed by atoms with van der Waals surface area (Å²) in [4.78, 5) is 12.2. The second-order valence-electron chi connectivity index (χ2n) is 5.77. The minimum Gasteiger partial charge on any atom is -0.490 e. The van der Waals surface area contributed by atoms with E-state index in [-0.39, 0.29) is 18.2 Å². The number of rotatable bonds is 8. The Kier molecular flexibility index (Phi) is 6.74. The van der Waals surface area contributed by atoms with Crippen molar-refractivity contribution in [3.63, 3.8) is 0 Å². The van der Waals surface area contributed by atoms with Crippen LogP contribution in [0.4, 0.5) is 4.39 Å². The lowest BCUT2D eigenvalue weighted by Gasteiger charge is -2.11. The van der Waals surface area contributed by atoms with E-state index in [4.69, 9.17) is 4.74 Å². The van der Waals surface area contributed by atoms with Crippen LogP contribution in [0.1, 0.15) is 41.5 Å². The maximum absolute atomic E-state index is 14.5. The average Bonchev–Trinajstić information content (AvgIpc) is 2.93. The average molecular weight is 345 g/mol. The molecule has 0 radical (unpaired) electrons. The number of hydrogen-bond acceptors (Lipinski definition) is 3. The summed E-state index contributed by atoms with van der Waals surface area (Å²) in [6.45, 7) is 4.31. The molecular formula is C19H24FN3O2. The van der Waals surface area contributed by atoms with E-state index in [0.717, 1.165) is 18.5 Å². The molecule has 1 amide bonds. The van der Waals surface area contributed by atoms with Crippen molar-refractivity contribution >= 4 is 5.91 Å². The van der Waals surface area contributed by atoms with Crippen molar-refractivity contribution in [1.82, 2.24) is 15.1 Å². The Hall–Kier alpha value is -2.63.